The summed E-state index contributed by atoms with van der Waals surface area (Å²) in [4.78, 5) is 28.2. The highest BCUT2D eigenvalue weighted by Gasteiger charge is 2.24. The quantitative estimate of drug-likeness (QED) is 0.394. The van der Waals surface area contributed by atoms with Gasteiger partial charge in [-0.15, -0.1) is 0 Å². The fraction of sp³-hybridized carbons (Fsp3) is 0.133. The van der Waals surface area contributed by atoms with Crippen LogP contribution in [0, 0.1) is 13.8 Å². The smallest absolute Gasteiger partial charge is 0.258 e. The third-order valence-electron chi connectivity index (χ3n) is 6.59. The van der Waals surface area contributed by atoms with Crippen molar-refractivity contribution in [3.05, 3.63) is 119 Å². The molecule has 1 heterocycles. The van der Waals surface area contributed by atoms with E-state index < -0.39 is 0 Å². The van der Waals surface area contributed by atoms with E-state index in [9.17, 15) is 9.59 Å². The highest BCUT2D eigenvalue weighted by atomic mass is 16.2. The number of hydrogen-bond donors (Lipinski definition) is 1. The van der Waals surface area contributed by atoms with Crippen molar-refractivity contribution in [2.45, 2.75) is 20.3 Å². The van der Waals surface area contributed by atoms with Crippen LogP contribution < -0.4 is 10.2 Å². The van der Waals surface area contributed by atoms with Crippen LogP contribution in [0.5, 0.6) is 0 Å². The summed E-state index contributed by atoms with van der Waals surface area (Å²) in [6, 6.07) is 29.2. The Hall–Kier alpha value is -4.18. The average Bonchev–Trinajstić information content (AvgIpc) is 3.03. The monoisotopic (exact) mass is 446 g/mol. The first kappa shape index (κ1) is 21.7. The Balaban J connectivity index is 1.39. The van der Waals surface area contributed by atoms with Crippen molar-refractivity contribution in [3.63, 3.8) is 0 Å². The van der Waals surface area contributed by atoms with Crippen LogP contribution in [0.2, 0.25) is 0 Å². The summed E-state index contributed by atoms with van der Waals surface area (Å²) < 4.78 is 0. The summed E-state index contributed by atoms with van der Waals surface area (Å²) in [5.74, 6) is -0.202. The summed E-state index contributed by atoms with van der Waals surface area (Å²) in [5.41, 5.74) is 8.36. The second-order valence-electron chi connectivity index (χ2n) is 8.66. The number of aryl methyl sites for hydroxylation is 1. The summed E-state index contributed by atoms with van der Waals surface area (Å²) in [7, 11) is 0. The summed E-state index contributed by atoms with van der Waals surface area (Å²) in [6.45, 7) is 4.55. The molecular formula is C30H26N2O2. The van der Waals surface area contributed by atoms with Crippen molar-refractivity contribution in [1.29, 1.82) is 0 Å². The zero-order valence-corrected chi connectivity index (χ0v) is 19.3. The van der Waals surface area contributed by atoms with Gasteiger partial charge in [-0.05, 0) is 78.9 Å². The molecule has 4 aromatic carbocycles. The second kappa shape index (κ2) is 8.99. The highest BCUT2D eigenvalue weighted by Crippen LogP contribution is 2.36. The van der Waals surface area contributed by atoms with E-state index >= 15 is 0 Å². The minimum absolute atomic E-state index is 0.0485. The predicted octanol–water partition coefficient (Wildman–Crippen LogP) is 6.43. The molecule has 1 aliphatic rings. The van der Waals surface area contributed by atoms with Crippen LogP contribution in [-0.2, 0) is 6.42 Å². The SMILES string of the molecule is Cc1cccc(C(=O)Nc2ccc(C(=O)N3CCc4ccccc4-c4ccccc43)cc2)c1C. The van der Waals surface area contributed by atoms with E-state index in [1.54, 1.807) is 24.3 Å². The molecular weight excluding hydrogens is 420 g/mol. The van der Waals surface area contributed by atoms with Crippen molar-refractivity contribution in [2.75, 3.05) is 16.8 Å². The van der Waals surface area contributed by atoms with E-state index in [0.717, 1.165) is 28.8 Å². The maximum Gasteiger partial charge on any atom is 0.258 e. The number of para-hydroxylation sites is 1. The zero-order valence-electron chi connectivity index (χ0n) is 19.3. The fourth-order valence-corrected chi connectivity index (χ4v) is 4.55. The van der Waals surface area contributed by atoms with Gasteiger partial charge in [0.15, 0.2) is 0 Å². The van der Waals surface area contributed by atoms with E-state index in [2.05, 4.69) is 23.5 Å². The molecule has 4 aromatic rings. The van der Waals surface area contributed by atoms with E-state index in [0.29, 0.717) is 23.4 Å². The number of nitrogens with zero attached hydrogens (tertiary/aromatic N) is 1. The Bertz CT molecular complexity index is 1390. The first-order valence-electron chi connectivity index (χ1n) is 11.5. The van der Waals surface area contributed by atoms with Crippen LogP contribution in [0.15, 0.2) is 91.0 Å². The highest BCUT2D eigenvalue weighted by molar-refractivity contribution is 6.09. The number of carbonyl (C=O) groups excluding carboxylic acids is 2. The lowest BCUT2D eigenvalue weighted by Gasteiger charge is -2.23. The van der Waals surface area contributed by atoms with Crippen molar-refractivity contribution in [3.8, 4) is 11.1 Å². The number of fused-ring (bicyclic) bond motifs is 3. The number of carbonyl (C=O) groups is 2. The molecule has 0 aromatic heterocycles. The first-order chi connectivity index (χ1) is 16.5. The van der Waals surface area contributed by atoms with Crippen LogP contribution in [0.25, 0.3) is 11.1 Å². The lowest BCUT2D eigenvalue weighted by atomic mass is 9.98. The predicted molar refractivity (Wildman–Crippen MR) is 138 cm³/mol. The Morgan fingerprint density at radius 2 is 1.47 bits per heavy atom. The van der Waals surface area contributed by atoms with Crippen molar-refractivity contribution in [2.24, 2.45) is 0 Å². The molecule has 5 rings (SSSR count). The van der Waals surface area contributed by atoms with E-state index in [1.807, 2.05) is 67.3 Å². The first-order valence-corrected chi connectivity index (χ1v) is 11.5. The number of amides is 2. The summed E-state index contributed by atoms with van der Waals surface area (Å²) >= 11 is 0. The standard InChI is InChI=1S/C30H26N2O2/c1-20-8-7-12-25(21(20)2)29(33)31-24-16-14-23(15-17-24)30(34)32-19-18-22-9-3-4-10-26(22)27-11-5-6-13-28(27)32/h3-17H,18-19H2,1-2H3,(H,31,33). The molecule has 34 heavy (non-hydrogen) atoms. The largest absolute Gasteiger partial charge is 0.322 e. The molecule has 0 spiro atoms. The summed E-state index contributed by atoms with van der Waals surface area (Å²) in [5, 5.41) is 2.95. The lowest BCUT2D eigenvalue weighted by Crippen LogP contribution is -2.32. The molecule has 0 unspecified atom stereocenters. The molecule has 1 N–H and O–H groups in total. The van der Waals surface area contributed by atoms with Gasteiger partial charge in [-0.3, -0.25) is 9.59 Å². The van der Waals surface area contributed by atoms with Gasteiger partial charge in [0.05, 0.1) is 5.69 Å². The van der Waals surface area contributed by atoms with Crippen molar-refractivity contribution >= 4 is 23.2 Å². The minimum Gasteiger partial charge on any atom is -0.322 e. The van der Waals surface area contributed by atoms with E-state index in [-0.39, 0.29) is 11.8 Å². The van der Waals surface area contributed by atoms with E-state index in [4.69, 9.17) is 0 Å². The number of rotatable bonds is 3. The molecule has 0 aliphatic carbocycles. The van der Waals surface area contributed by atoms with Gasteiger partial charge in [-0.2, -0.15) is 0 Å². The number of benzene rings is 4. The Morgan fingerprint density at radius 3 is 2.26 bits per heavy atom. The van der Waals surface area contributed by atoms with Gasteiger partial charge < -0.3 is 10.2 Å². The maximum atomic E-state index is 13.5. The molecule has 0 radical (unpaired) electrons. The topological polar surface area (TPSA) is 49.4 Å². The third-order valence-corrected chi connectivity index (χ3v) is 6.59. The van der Waals surface area contributed by atoms with Crippen LogP contribution in [-0.4, -0.2) is 18.4 Å². The van der Waals surface area contributed by atoms with Crippen LogP contribution in [0.1, 0.15) is 37.4 Å². The summed E-state index contributed by atoms with van der Waals surface area (Å²) in [6.07, 6.45) is 0.792. The van der Waals surface area contributed by atoms with Gasteiger partial charge in [-0.25, -0.2) is 0 Å². The van der Waals surface area contributed by atoms with Crippen LogP contribution >= 0.6 is 0 Å². The Labute approximate surface area is 199 Å². The van der Waals surface area contributed by atoms with E-state index in [1.165, 1.54) is 11.1 Å². The Kier molecular flexibility index (Phi) is 5.72. The molecule has 4 heteroatoms. The fourth-order valence-electron chi connectivity index (χ4n) is 4.55. The Morgan fingerprint density at radius 1 is 0.765 bits per heavy atom. The molecule has 0 bridgehead atoms. The van der Waals surface area contributed by atoms with Gasteiger partial charge in [-0.1, -0.05) is 54.6 Å². The molecule has 4 nitrogen and oxygen atoms in total. The molecule has 1 aliphatic heterocycles. The molecule has 0 saturated heterocycles. The van der Waals surface area contributed by atoms with Gasteiger partial charge in [0.1, 0.15) is 0 Å². The second-order valence-corrected chi connectivity index (χ2v) is 8.66. The number of hydrogen-bond acceptors (Lipinski definition) is 2. The van der Waals surface area contributed by atoms with Crippen molar-refractivity contribution < 1.29 is 9.59 Å². The third kappa shape index (κ3) is 3.99. The molecule has 0 atom stereocenters. The van der Waals surface area contributed by atoms with Crippen molar-refractivity contribution in [1.82, 2.24) is 0 Å². The van der Waals surface area contributed by atoms with Crippen LogP contribution in [0.3, 0.4) is 0 Å². The number of nitrogens with one attached hydrogen (secondary N) is 1. The van der Waals surface area contributed by atoms with Gasteiger partial charge in [0.25, 0.3) is 11.8 Å². The van der Waals surface area contributed by atoms with Gasteiger partial charge in [0.2, 0.25) is 0 Å². The molecule has 0 fully saturated rings. The number of anilines is 2. The average molecular weight is 447 g/mol. The van der Waals surface area contributed by atoms with Crippen LogP contribution in [0.4, 0.5) is 11.4 Å². The minimum atomic E-state index is -0.153. The van der Waals surface area contributed by atoms with Gasteiger partial charge >= 0.3 is 0 Å². The zero-order chi connectivity index (χ0) is 23.7. The molecule has 168 valence electrons. The van der Waals surface area contributed by atoms with Gasteiger partial charge in [0, 0.05) is 28.9 Å². The maximum absolute atomic E-state index is 13.5. The lowest BCUT2D eigenvalue weighted by molar-refractivity contribution is 0.0986. The normalized spacial score (nSPS) is 12.4. The molecule has 2 amide bonds. The molecule has 0 saturated carbocycles.